The molecule has 0 atom stereocenters. The lowest BCUT2D eigenvalue weighted by atomic mass is 10.2. The average molecular weight is 371 g/mol. The van der Waals surface area contributed by atoms with E-state index in [9.17, 15) is 4.79 Å². The van der Waals surface area contributed by atoms with Gasteiger partial charge in [-0.2, -0.15) is 4.98 Å². The second-order valence-electron chi connectivity index (χ2n) is 5.98. The molecule has 0 aliphatic rings. The fraction of sp³-hybridized carbons (Fsp3) is 0.211. The first-order valence-corrected chi connectivity index (χ1v) is 8.55. The quantitative estimate of drug-likeness (QED) is 0.709. The number of halogens is 1. The van der Waals surface area contributed by atoms with Crippen molar-refractivity contribution in [1.29, 1.82) is 0 Å². The van der Waals surface area contributed by atoms with Crippen LogP contribution in [0.15, 0.2) is 53.1 Å². The van der Waals surface area contributed by atoms with Crippen LogP contribution in [0.25, 0.3) is 11.4 Å². The molecule has 1 N–H and O–H groups in total. The van der Waals surface area contributed by atoms with Crippen LogP contribution in [-0.4, -0.2) is 30.1 Å². The lowest BCUT2D eigenvalue weighted by molar-refractivity contribution is -0.116. The van der Waals surface area contributed by atoms with Crippen molar-refractivity contribution in [2.45, 2.75) is 12.8 Å². The first kappa shape index (κ1) is 17.9. The van der Waals surface area contributed by atoms with Crippen molar-refractivity contribution in [3.63, 3.8) is 0 Å². The molecule has 2 aromatic carbocycles. The van der Waals surface area contributed by atoms with E-state index in [0.717, 1.165) is 16.9 Å². The fourth-order valence-electron chi connectivity index (χ4n) is 2.48. The number of nitrogens with zero attached hydrogens (tertiary/aromatic N) is 3. The van der Waals surface area contributed by atoms with E-state index < -0.39 is 0 Å². The summed E-state index contributed by atoms with van der Waals surface area (Å²) in [4.78, 5) is 18.5. The Morgan fingerprint density at radius 3 is 2.62 bits per heavy atom. The van der Waals surface area contributed by atoms with Crippen LogP contribution in [0.3, 0.4) is 0 Å². The number of carbonyl (C=O) groups excluding carboxylic acids is 1. The van der Waals surface area contributed by atoms with Gasteiger partial charge in [-0.25, -0.2) is 0 Å². The molecule has 0 saturated carbocycles. The molecule has 1 heterocycles. The number of nitrogens with one attached hydrogen (secondary N) is 1. The highest BCUT2D eigenvalue weighted by Crippen LogP contribution is 2.24. The van der Waals surface area contributed by atoms with Crippen LogP contribution < -0.4 is 10.2 Å². The monoisotopic (exact) mass is 370 g/mol. The zero-order valence-corrected chi connectivity index (χ0v) is 15.3. The Labute approximate surface area is 156 Å². The Balaban J connectivity index is 1.59. The number of aromatic nitrogens is 2. The number of benzene rings is 2. The lowest BCUT2D eigenvalue weighted by Crippen LogP contribution is -2.16. The molecule has 0 radical (unpaired) electrons. The number of aryl methyl sites for hydroxylation is 1. The van der Waals surface area contributed by atoms with Crippen LogP contribution in [0.4, 0.5) is 11.4 Å². The van der Waals surface area contributed by atoms with Gasteiger partial charge in [0.1, 0.15) is 0 Å². The van der Waals surface area contributed by atoms with E-state index in [1.807, 2.05) is 55.4 Å². The van der Waals surface area contributed by atoms with Crippen molar-refractivity contribution in [3.8, 4) is 11.4 Å². The Morgan fingerprint density at radius 1 is 1.15 bits per heavy atom. The van der Waals surface area contributed by atoms with E-state index in [4.69, 9.17) is 16.1 Å². The first-order chi connectivity index (χ1) is 12.5. The van der Waals surface area contributed by atoms with Crippen LogP contribution in [0.1, 0.15) is 12.3 Å². The number of amides is 1. The Hall–Kier alpha value is -2.86. The van der Waals surface area contributed by atoms with E-state index in [-0.39, 0.29) is 12.3 Å². The first-order valence-electron chi connectivity index (χ1n) is 8.17. The number of hydrogen-bond donors (Lipinski definition) is 1. The molecule has 0 aliphatic carbocycles. The molecule has 3 rings (SSSR count). The highest BCUT2D eigenvalue weighted by atomic mass is 35.5. The third-order valence-corrected chi connectivity index (χ3v) is 4.05. The maximum absolute atomic E-state index is 12.2. The van der Waals surface area contributed by atoms with E-state index in [1.54, 1.807) is 12.1 Å². The van der Waals surface area contributed by atoms with Crippen molar-refractivity contribution in [3.05, 3.63) is 59.4 Å². The third-order valence-electron chi connectivity index (χ3n) is 3.80. The Bertz CT molecular complexity index is 891. The van der Waals surface area contributed by atoms with E-state index >= 15 is 0 Å². The van der Waals surface area contributed by atoms with E-state index in [2.05, 4.69) is 15.5 Å². The van der Waals surface area contributed by atoms with Gasteiger partial charge in [-0.15, -0.1) is 0 Å². The molecule has 134 valence electrons. The summed E-state index contributed by atoms with van der Waals surface area (Å²) in [7, 11) is 3.86. The van der Waals surface area contributed by atoms with Crippen molar-refractivity contribution in [2.24, 2.45) is 0 Å². The molecule has 0 bridgehead atoms. The fourth-order valence-corrected chi connectivity index (χ4v) is 2.60. The van der Waals surface area contributed by atoms with Crippen LogP contribution in [-0.2, 0) is 11.2 Å². The number of para-hydroxylation sites is 2. The maximum Gasteiger partial charge on any atom is 0.227 e. The summed E-state index contributed by atoms with van der Waals surface area (Å²) < 4.78 is 5.23. The van der Waals surface area contributed by atoms with Gasteiger partial charge in [0.25, 0.3) is 0 Å². The number of carbonyl (C=O) groups is 1. The van der Waals surface area contributed by atoms with E-state index in [0.29, 0.717) is 23.2 Å². The van der Waals surface area contributed by atoms with Gasteiger partial charge in [-0.1, -0.05) is 28.9 Å². The maximum atomic E-state index is 12.2. The van der Waals surface area contributed by atoms with E-state index in [1.165, 1.54) is 0 Å². The molecule has 1 aromatic heterocycles. The van der Waals surface area contributed by atoms with Crippen LogP contribution in [0, 0.1) is 0 Å². The summed E-state index contributed by atoms with van der Waals surface area (Å²) in [5.74, 6) is 0.798. The largest absolute Gasteiger partial charge is 0.376 e. The van der Waals surface area contributed by atoms with Gasteiger partial charge in [-0.05, 0) is 36.4 Å². The average Bonchev–Trinajstić information content (AvgIpc) is 3.10. The zero-order chi connectivity index (χ0) is 18.5. The minimum atomic E-state index is -0.106. The van der Waals surface area contributed by atoms with Crippen molar-refractivity contribution in [2.75, 3.05) is 24.3 Å². The van der Waals surface area contributed by atoms with Gasteiger partial charge in [0.2, 0.25) is 17.6 Å². The molecule has 0 saturated heterocycles. The second kappa shape index (κ2) is 8.01. The lowest BCUT2D eigenvalue weighted by Gasteiger charge is -2.17. The van der Waals surface area contributed by atoms with Gasteiger partial charge in [0, 0.05) is 37.5 Å². The summed E-state index contributed by atoms with van der Waals surface area (Å²) in [6, 6.07) is 14.8. The normalized spacial score (nSPS) is 10.6. The second-order valence-corrected chi connectivity index (χ2v) is 6.41. The smallest absolute Gasteiger partial charge is 0.227 e. The summed E-state index contributed by atoms with van der Waals surface area (Å²) >= 11 is 5.87. The number of rotatable bonds is 6. The highest BCUT2D eigenvalue weighted by molar-refractivity contribution is 6.30. The molecule has 1 amide bonds. The molecular formula is C19H19ClN4O2. The van der Waals surface area contributed by atoms with Gasteiger partial charge in [0.05, 0.1) is 11.4 Å². The SMILES string of the molecule is CN(C)c1ccccc1NC(=O)CCc1nc(-c2ccc(Cl)cc2)no1. The molecule has 0 unspecified atom stereocenters. The van der Waals surface area contributed by atoms with Crippen LogP contribution in [0.5, 0.6) is 0 Å². The summed E-state index contributed by atoms with van der Waals surface area (Å²) in [6.07, 6.45) is 0.626. The zero-order valence-electron chi connectivity index (χ0n) is 14.6. The molecular weight excluding hydrogens is 352 g/mol. The predicted molar refractivity (Wildman–Crippen MR) is 102 cm³/mol. The number of hydrogen-bond acceptors (Lipinski definition) is 5. The molecule has 26 heavy (non-hydrogen) atoms. The molecule has 6 nitrogen and oxygen atoms in total. The molecule has 0 spiro atoms. The summed E-state index contributed by atoms with van der Waals surface area (Å²) in [5.41, 5.74) is 2.53. The molecule has 3 aromatic rings. The Kier molecular flexibility index (Phi) is 5.53. The van der Waals surface area contributed by atoms with Gasteiger partial charge < -0.3 is 14.7 Å². The third kappa shape index (κ3) is 4.40. The Morgan fingerprint density at radius 2 is 1.88 bits per heavy atom. The van der Waals surface area contributed by atoms with Gasteiger partial charge in [-0.3, -0.25) is 4.79 Å². The predicted octanol–water partition coefficient (Wildman–Crippen LogP) is 4.03. The van der Waals surface area contributed by atoms with Crippen molar-refractivity contribution in [1.82, 2.24) is 10.1 Å². The summed E-state index contributed by atoms with van der Waals surface area (Å²) in [5, 5.41) is 7.51. The summed E-state index contributed by atoms with van der Waals surface area (Å²) in [6.45, 7) is 0. The molecule has 0 fully saturated rings. The van der Waals surface area contributed by atoms with Gasteiger partial charge >= 0.3 is 0 Å². The number of anilines is 2. The van der Waals surface area contributed by atoms with Crippen molar-refractivity contribution < 1.29 is 9.32 Å². The molecule has 0 aliphatic heterocycles. The highest BCUT2D eigenvalue weighted by Gasteiger charge is 2.12. The standard InChI is InChI=1S/C19H19ClN4O2/c1-24(2)16-6-4-3-5-15(16)21-17(25)11-12-18-22-19(23-26-18)13-7-9-14(20)10-8-13/h3-10H,11-12H2,1-2H3,(H,21,25). The van der Waals surface area contributed by atoms with Gasteiger partial charge in [0.15, 0.2) is 0 Å². The topological polar surface area (TPSA) is 71.3 Å². The van der Waals surface area contributed by atoms with Crippen LogP contribution >= 0.6 is 11.6 Å². The van der Waals surface area contributed by atoms with Crippen molar-refractivity contribution >= 4 is 28.9 Å². The van der Waals surface area contributed by atoms with Crippen LogP contribution in [0.2, 0.25) is 5.02 Å². The minimum absolute atomic E-state index is 0.106. The molecule has 7 heteroatoms. The minimum Gasteiger partial charge on any atom is -0.376 e.